The summed E-state index contributed by atoms with van der Waals surface area (Å²) in [4.78, 5) is 27.4. The topological polar surface area (TPSA) is 58.6 Å². The van der Waals surface area contributed by atoms with Crippen molar-refractivity contribution in [3.63, 3.8) is 0 Å². The van der Waals surface area contributed by atoms with E-state index in [2.05, 4.69) is 5.32 Å². The van der Waals surface area contributed by atoms with E-state index in [-0.39, 0.29) is 17.9 Å². The van der Waals surface area contributed by atoms with E-state index in [4.69, 9.17) is 4.74 Å². The maximum absolute atomic E-state index is 12.5. The molecule has 3 rings (SSSR count). The number of nitrogens with one attached hydrogen (secondary N) is 1. The van der Waals surface area contributed by atoms with E-state index in [0.29, 0.717) is 24.6 Å². The van der Waals surface area contributed by atoms with E-state index in [0.717, 1.165) is 30.6 Å². The lowest BCUT2D eigenvalue weighted by atomic mass is 10.2. The summed E-state index contributed by atoms with van der Waals surface area (Å²) >= 11 is 1.42. The molecule has 1 N–H and O–H groups in total. The van der Waals surface area contributed by atoms with Crippen LogP contribution in [0.2, 0.25) is 0 Å². The highest BCUT2D eigenvalue weighted by molar-refractivity contribution is 7.12. The molecule has 26 heavy (non-hydrogen) atoms. The number of aryl methyl sites for hydroxylation is 1. The maximum atomic E-state index is 12.5. The summed E-state index contributed by atoms with van der Waals surface area (Å²) in [6, 6.07) is 11.2. The fourth-order valence-corrected chi connectivity index (χ4v) is 3.80. The standard InChI is InChI=1S/C20H24N2O3S/c1-15-6-2-7-16(14-15)25-12-5-10-21-19(23)17-8-3-11-22(17)20(24)18-9-4-13-26-18/h2,4,6-7,9,13-14,17H,3,5,8,10-12H2,1H3,(H,21,23). The van der Waals surface area contributed by atoms with Crippen molar-refractivity contribution in [2.75, 3.05) is 19.7 Å². The average Bonchev–Trinajstić information content (AvgIpc) is 3.32. The van der Waals surface area contributed by atoms with Crippen LogP contribution in [0.1, 0.15) is 34.5 Å². The fraction of sp³-hybridized carbons (Fsp3) is 0.400. The molecule has 2 heterocycles. The number of hydrogen-bond acceptors (Lipinski definition) is 4. The van der Waals surface area contributed by atoms with Gasteiger partial charge in [-0.3, -0.25) is 9.59 Å². The SMILES string of the molecule is Cc1cccc(OCCCNC(=O)C2CCCN2C(=O)c2cccs2)c1. The van der Waals surface area contributed by atoms with Crippen molar-refractivity contribution >= 4 is 23.2 Å². The molecule has 1 atom stereocenters. The second-order valence-corrected chi connectivity index (χ2v) is 7.39. The van der Waals surface area contributed by atoms with Gasteiger partial charge in [-0.1, -0.05) is 18.2 Å². The third-order valence-corrected chi connectivity index (χ3v) is 5.28. The second-order valence-electron chi connectivity index (χ2n) is 6.44. The quantitative estimate of drug-likeness (QED) is 0.759. The number of thiophene rings is 1. The first-order chi connectivity index (χ1) is 12.6. The van der Waals surface area contributed by atoms with Crippen molar-refractivity contribution in [3.05, 3.63) is 52.2 Å². The molecule has 0 bridgehead atoms. The monoisotopic (exact) mass is 372 g/mol. The maximum Gasteiger partial charge on any atom is 0.264 e. The van der Waals surface area contributed by atoms with Crippen molar-refractivity contribution in [2.45, 2.75) is 32.2 Å². The van der Waals surface area contributed by atoms with Crippen molar-refractivity contribution in [1.82, 2.24) is 10.2 Å². The Morgan fingerprint density at radius 3 is 2.96 bits per heavy atom. The molecule has 0 radical (unpaired) electrons. The van der Waals surface area contributed by atoms with Gasteiger partial charge in [0.05, 0.1) is 11.5 Å². The first kappa shape index (κ1) is 18.5. The Labute approximate surface area is 158 Å². The number of rotatable bonds is 7. The number of hydrogen-bond donors (Lipinski definition) is 1. The van der Waals surface area contributed by atoms with Crippen molar-refractivity contribution in [3.8, 4) is 5.75 Å². The van der Waals surface area contributed by atoms with Gasteiger partial charge in [0.2, 0.25) is 5.91 Å². The highest BCUT2D eigenvalue weighted by Crippen LogP contribution is 2.22. The van der Waals surface area contributed by atoms with Gasteiger partial charge in [-0.05, 0) is 55.3 Å². The molecular weight excluding hydrogens is 348 g/mol. The molecule has 2 aromatic rings. The second kappa shape index (κ2) is 8.85. The highest BCUT2D eigenvalue weighted by atomic mass is 32.1. The van der Waals surface area contributed by atoms with E-state index in [9.17, 15) is 9.59 Å². The molecule has 1 aliphatic rings. The number of amides is 2. The van der Waals surface area contributed by atoms with Crippen molar-refractivity contribution in [2.24, 2.45) is 0 Å². The zero-order valence-corrected chi connectivity index (χ0v) is 15.8. The Kier molecular flexibility index (Phi) is 6.28. The number of carbonyl (C=O) groups is 2. The van der Waals surface area contributed by atoms with Gasteiger partial charge >= 0.3 is 0 Å². The molecule has 2 amide bonds. The van der Waals surface area contributed by atoms with E-state index in [1.807, 2.05) is 48.7 Å². The Morgan fingerprint density at radius 1 is 1.31 bits per heavy atom. The van der Waals surface area contributed by atoms with Crippen LogP contribution < -0.4 is 10.1 Å². The molecule has 138 valence electrons. The molecule has 1 fully saturated rings. The smallest absolute Gasteiger partial charge is 0.264 e. The number of likely N-dealkylation sites (tertiary alicyclic amines) is 1. The predicted molar refractivity (Wildman–Crippen MR) is 103 cm³/mol. The van der Waals surface area contributed by atoms with Crippen LogP contribution in [-0.4, -0.2) is 42.5 Å². The number of nitrogens with zero attached hydrogens (tertiary/aromatic N) is 1. The van der Waals surface area contributed by atoms with Gasteiger partial charge in [0.15, 0.2) is 0 Å². The largest absolute Gasteiger partial charge is 0.494 e. The Hall–Kier alpha value is -2.34. The number of benzene rings is 1. The Morgan fingerprint density at radius 2 is 2.19 bits per heavy atom. The summed E-state index contributed by atoms with van der Waals surface area (Å²) < 4.78 is 5.69. The average molecular weight is 372 g/mol. The van der Waals surface area contributed by atoms with Gasteiger partial charge in [-0.25, -0.2) is 0 Å². The summed E-state index contributed by atoms with van der Waals surface area (Å²) in [7, 11) is 0. The third kappa shape index (κ3) is 4.64. The lowest BCUT2D eigenvalue weighted by molar-refractivity contribution is -0.124. The van der Waals surface area contributed by atoms with Gasteiger partial charge in [0.25, 0.3) is 5.91 Å². The van der Waals surface area contributed by atoms with Crippen LogP contribution in [0, 0.1) is 6.92 Å². The Balaban J connectivity index is 1.42. The van der Waals surface area contributed by atoms with Crippen LogP contribution in [0.15, 0.2) is 41.8 Å². The normalized spacial score (nSPS) is 16.5. The molecule has 6 heteroatoms. The minimum atomic E-state index is -0.359. The first-order valence-electron chi connectivity index (χ1n) is 8.97. The van der Waals surface area contributed by atoms with Crippen LogP contribution in [-0.2, 0) is 4.79 Å². The van der Waals surface area contributed by atoms with Crippen LogP contribution in [0.4, 0.5) is 0 Å². The van der Waals surface area contributed by atoms with Crippen LogP contribution in [0.3, 0.4) is 0 Å². The number of ether oxygens (including phenoxy) is 1. The lowest BCUT2D eigenvalue weighted by Crippen LogP contribution is -2.46. The molecule has 1 unspecified atom stereocenters. The van der Waals surface area contributed by atoms with E-state index < -0.39 is 0 Å². The summed E-state index contributed by atoms with van der Waals surface area (Å²) in [5.41, 5.74) is 1.16. The minimum absolute atomic E-state index is 0.0413. The highest BCUT2D eigenvalue weighted by Gasteiger charge is 2.34. The van der Waals surface area contributed by atoms with Gasteiger partial charge in [-0.2, -0.15) is 0 Å². The van der Waals surface area contributed by atoms with E-state index in [1.54, 1.807) is 4.90 Å². The fourth-order valence-electron chi connectivity index (χ4n) is 3.12. The van der Waals surface area contributed by atoms with E-state index >= 15 is 0 Å². The van der Waals surface area contributed by atoms with Gasteiger partial charge in [0.1, 0.15) is 11.8 Å². The molecule has 5 nitrogen and oxygen atoms in total. The van der Waals surface area contributed by atoms with Crippen LogP contribution >= 0.6 is 11.3 Å². The predicted octanol–water partition coefficient (Wildman–Crippen LogP) is 3.25. The molecular formula is C20H24N2O3S. The van der Waals surface area contributed by atoms with Crippen LogP contribution in [0.5, 0.6) is 5.75 Å². The molecule has 0 saturated carbocycles. The molecule has 1 saturated heterocycles. The Bertz CT molecular complexity index is 745. The van der Waals surface area contributed by atoms with Gasteiger partial charge in [0, 0.05) is 13.1 Å². The zero-order valence-electron chi connectivity index (χ0n) is 14.9. The summed E-state index contributed by atoms with van der Waals surface area (Å²) in [5, 5.41) is 4.82. The summed E-state index contributed by atoms with van der Waals surface area (Å²) in [6.45, 7) is 3.76. The molecule has 1 aromatic carbocycles. The zero-order chi connectivity index (χ0) is 18.4. The van der Waals surface area contributed by atoms with Crippen molar-refractivity contribution < 1.29 is 14.3 Å². The molecule has 0 aliphatic carbocycles. The summed E-state index contributed by atoms with van der Waals surface area (Å²) in [5.74, 6) is 0.739. The molecule has 0 spiro atoms. The van der Waals surface area contributed by atoms with Crippen LogP contribution in [0.25, 0.3) is 0 Å². The minimum Gasteiger partial charge on any atom is -0.494 e. The van der Waals surface area contributed by atoms with Gasteiger partial charge in [-0.15, -0.1) is 11.3 Å². The molecule has 1 aliphatic heterocycles. The third-order valence-electron chi connectivity index (χ3n) is 4.43. The van der Waals surface area contributed by atoms with Gasteiger partial charge < -0.3 is 15.0 Å². The summed E-state index contributed by atoms with van der Waals surface area (Å²) in [6.07, 6.45) is 2.32. The van der Waals surface area contributed by atoms with Crippen molar-refractivity contribution in [1.29, 1.82) is 0 Å². The lowest BCUT2D eigenvalue weighted by Gasteiger charge is -2.23. The van der Waals surface area contributed by atoms with E-state index in [1.165, 1.54) is 11.3 Å². The number of carbonyl (C=O) groups excluding carboxylic acids is 2. The molecule has 1 aromatic heterocycles. The first-order valence-corrected chi connectivity index (χ1v) is 9.85.